The van der Waals surface area contributed by atoms with Crippen molar-refractivity contribution in [3.63, 3.8) is 0 Å². The monoisotopic (exact) mass is 391 g/mol. The van der Waals surface area contributed by atoms with Crippen LogP contribution >= 0.6 is 38.9 Å². The molecular weight excluding hydrogens is 382 g/mol. The fourth-order valence-corrected chi connectivity index (χ4v) is 3.00. The Morgan fingerprint density at radius 3 is 2.77 bits per heavy atom. The number of nitrogens with zero attached hydrogens (tertiary/aromatic N) is 2. The zero-order valence-corrected chi connectivity index (χ0v) is 14.5. The summed E-state index contributed by atoms with van der Waals surface area (Å²) in [5.41, 5.74) is 5.93. The first-order valence-corrected chi connectivity index (χ1v) is 8.52. The quantitative estimate of drug-likeness (QED) is 0.458. The molecule has 22 heavy (non-hydrogen) atoms. The van der Waals surface area contributed by atoms with Gasteiger partial charge in [-0.15, -0.1) is 11.3 Å². The summed E-state index contributed by atoms with van der Waals surface area (Å²) in [6, 6.07) is 15.7. The predicted octanol–water partition coefficient (Wildman–Crippen LogP) is 5.67. The van der Waals surface area contributed by atoms with Crippen LogP contribution < -0.4 is 5.43 Å². The number of benzene rings is 2. The molecule has 0 aliphatic heterocycles. The molecule has 110 valence electrons. The van der Waals surface area contributed by atoms with Crippen molar-refractivity contribution in [2.24, 2.45) is 5.10 Å². The van der Waals surface area contributed by atoms with E-state index in [-0.39, 0.29) is 0 Å². The van der Waals surface area contributed by atoms with E-state index in [0.29, 0.717) is 5.02 Å². The van der Waals surface area contributed by atoms with E-state index in [1.807, 2.05) is 53.9 Å². The molecule has 0 amide bonds. The van der Waals surface area contributed by atoms with Gasteiger partial charge in [0.05, 0.1) is 16.9 Å². The first-order valence-electron chi connectivity index (χ1n) is 6.47. The van der Waals surface area contributed by atoms with Crippen LogP contribution in [0.2, 0.25) is 5.02 Å². The fourth-order valence-electron chi connectivity index (χ4n) is 1.82. The first-order chi connectivity index (χ1) is 10.7. The summed E-state index contributed by atoms with van der Waals surface area (Å²) >= 11 is 10.9. The molecule has 0 bridgehead atoms. The number of hydrogen-bond acceptors (Lipinski definition) is 4. The van der Waals surface area contributed by atoms with Gasteiger partial charge in [0.1, 0.15) is 0 Å². The number of anilines is 1. The van der Waals surface area contributed by atoms with Gasteiger partial charge >= 0.3 is 0 Å². The maximum atomic E-state index is 5.96. The number of hydrazone groups is 1. The summed E-state index contributed by atoms with van der Waals surface area (Å²) in [6.07, 6.45) is 1.73. The minimum absolute atomic E-state index is 0.678. The van der Waals surface area contributed by atoms with Gasteiger partial charge in [-0.05, 0) is 33.6 Å². The molecule has 1 N–H and O–H groups in total. The minimum atomic E-state index is 0.678. The summed E-state index contributed by atoms with van der Waals surface area (Å²) in [7, 11) is 0. The Hall–Kier alpha value is -1.69. The molecular formula is C16H11BrClN3S. The lowest BCUT2D eigenvalue weighted by molar-refractivity contribution is 1.29. The van der Waals surface area contributed by atoms with Gasteiger partial charge in [-0.25, -0.2) is 4.98 Å². The third-order valence-electron chi connectivity index (χ3n) is 2.89. The van der Waals surface area contributed by atoms with Crippen LogP contribution in [0.1, 0.15) is 5.56 Å². The van der Waals surface area contributed by atoms with Crippen molar-refractivity contribution >= 4 is 50.2 Å². The van der Waals surface area contributed by atoms with Gasteiger partial charge in [-0.3, -0.25) is 5.43 Å². The molecule has 0 radical (unpaired) electrons. The van der Waals surface area contributed by atoms with Gasteiger partial charge in [-0.2, -0.15) is 5.10 Å². The van der Waals surface area contributed by atoms with Gasteiger partial charge < -0.3 is 0 Å². The van der Waals surface area contributed by atoms with Crippen molar-refractivity contribution < 1.29 is 0 Å². The van der Waals surface area contributed by atoms with Crippen LogP contribution in [0.25, 0.3) is 11.3 Å². The highest BCUT2D eigenvalue weighted by atomic mass is 79.9. The second-order valence-electron chi connectivity index (χ2n) is 4.45. The maximum Gasteiger partial charge on any atom is 0.203 e. The molecule has 3 rings (SSSR count). The Balaban J connectivity index is 1.68. The van der Waals surface area contributed by atoms with Crippen LogP contribution in [0, 0.1) is 0 Å². The van der Waals surface area contributed by atoms with Crippen LogP contribution in [-0.4, -0.2) is 11.2 Å². The summed E-state index contributed by atoms with van der Waals surface area (Å²) < 4.78 is 0.846. The Labute approximate surface area is 145 Å². The lowest BCUT2D eigenvalue weighted by Gasteiger charge is -1.98. The summed E-state index contributed by atoms with van der Waals surface area (Å²) in [4.78, 5) is 4.51. The normalized spacial score (nSPS) is 11.0. The van der Waals surface area contributed by atoms with Gasteiger partial charge in [-0.1, -0.05) is 48.0 Å². The molecule has 0 spiro atoms. The number of thiazole rings is 1. The highest BCUT2D eigenvalue weighted by Gasteiger charge is 2.03. The van der Waals surface area contributed by atoms with E-state index < -0.39 is 0 Å². The summed E-state index contributed by atoms with van der Waals surface area (Å²) in [6.45, 7) is 0. The Morgan fingerprint density at radius 2 is 2.00 bits per heavy atom. The van der Waals surface area contributed by atoms with Crippen molar-refractivity contribution in [1.29, 1.82) is 0 Å². The second-order valence-corrected chi connectivity index (χ2v) is 6.57. The molecule has 1 aromatic heterocycles. The topological polar surface area (TPSA) is 37.3 Å². The lowest BCUT2D eigenvalue weighted by atomic mass is 10.2. The predicted molar refractivity (Wildman–Crippen MR) is 97.9 cm³/mol. The van der Waals surface area contributed by atoms with E-state index in [9.17, 15) is 0 Å². The minimum Gasteiger partial charge on any atom is -0.253 e. The molecule has 6 heteroatoms. The standard InChI is InChI=1S/C16H11BrClN3S/c17-13-8-11(6-7-14(13)18)9-19-21-16-20-15(10-22-16)12-4-2-1-3-5-12/h1-10H,(H,20,21). The van der Waals surface area contributed by atoms with Gasteiger partial charge in [0.15, 0.2) is 0 Å². The molecule has 0 fully saturated rings. The molecule has 0 saturated carbocycles. The van der Waals surface area contributed by atoms with Gasteiger partial charge in [0.25, 0.3) is 0 Å². The molecule has 0 aliphatic rings. The van der Waals surface area contributed by atoms with Crippen molar-refractivity contribution in [3.8, 4) is 11.3 Å². The number of nitrogens with one attached hydrogen (secondary N) is 1. The van der Waals surface area contributed by atoms with Crippen molar-refractivity contribution in [2.75, 3.05) is 5.43 Å². The molecule has 0 unspecified atom stereocenters. The molecule has 0 atom stereocenters. The number of hydrogen-bond donors (Lipinski definition) is 1. The average molecular weight is 393 g/mol. The third kappa shape index (κ3) is 3.74. The Kier molecular flexibility index (Phi) is 4.87. The molecule has 3 aromatic rings. The van der Waals surface area contributed by atoms with E-state index in [4.69, 9.17) is 11.6 Å². The smallest absolute Gasteiger partial charge is 0.203 e. The third-order valence-corrected chi connectivity index (χ3v) is 4.85. The van der Waals surface area contributed by atoms with E-state index in [1.165, 1.54) is 11.3 Å². The van der Waals surface area contributed by atoms with E-state index in [1.54, 1.807) is 6.21 Å². The highest BCUT2D eigenvalue weighted by molar-refractivity contribution is 9.10. The summed E-state index contributed by atoms with van der Waals surface area (Å²) in [5, 5.41) is 7.64. The van der Waals surface area contributed by atoms with Crippen LogP contribution in [-0.2, 0) is 0 Å². The molecule has 3 nitrogen and oxygen atoms in total. The average Bonchev–Trinajstić information content (AvgIpc) is 3.01. The molecule has 2 aromatic carbocycles. The van der Waals surface area contributed by atoms with E-state index in [0.717, 1.165) is 26.4 Å². The number of aromatic nitrogens is 1. The van der Waals surface area contributed by atoms with Crippen LogP contribution in [0.15, 0.2) is 63.5 Å². The zero-order chi connectivity index (χ0) is 15.4. The fraction of sp³-hybridized carbons (Fsp3) is 0. The lowest BCUT2D eigenvalue weighted by Crippen LogP contribution is -1.90. The SMILES string of the molecule is Clc1ccc(C=NNc2nc(-c3ccccc3)cs2)cc1Br. The Morgan fingerprint density at radius 1 is 1.18 bits per heavy atom. The van der Waals surface area contributed by atoms with Crippen molar-refractivity contribution in [1.82, 2.24) is 4.98 Å². The van der Waals surface area contributed by atoms with Crippen molar-refractivity contribution in [3.05, 3.63) is 69.0 Å². The zero-order valence-electron chi connectivity index (χ0n) is 11.3. The van der Waals surface area contributed by atoms with Gasteiger partial charge in [0, 0.05) is 15.4 Å². The van der Waals surface area contributed by atoms with Crippen LogP contribution in [0.4, 0.5) is 5.13 Å². The van der Waals surface area contributed by atoms with Gasteiger partial charge in [0.2, 0.25) is 5.13 Å². The van der Waals surface area contributed by atoms with E-state index in [2.05, 4.69) is 31.4 Å². The number of halogens is 2. The number of rotatable bonds is 4. The molecule has 0 aliphatic carbocycles. The highest BCUT2D eigenvalue weighted by Crippen LogP contribution is 2.25. The maximum absolute atomic E-state index is 5.96. The van der Waals surface area contributed by atoms with Crippen molar-refractivity contribution in [2.45, 2.75) is 0 Å². The Bertz CT molecular complexity index is 802. The summed E-state index contributed by atoms with van der Waals surface area (Å²) in [5.74, 6) is 0. The van der Waals surface area contributed by atoms with Crippen LogP contribution in [0.3, 0.4) is 0 Å². The van der Waals surface area contributed by atoms with Crippen LogP contribution in [0.5, 0.6) is 0 Å². The van der Waals surface area contributed by atoms with E-state index >= 15 is 0 Å². The molecule has 1 heterocycles. The largest absolute Gasteiger partial charge is 0.253 e. The first kappa shape index (κ1) is 15.2. The molecule has 0 saturated heterocycles. The second kappa shape index (κ2) is 7.05.